The van der Waals surface area contributed by atoms with Crippen LogP contribution in [0.4, 0.5) is 32.2 Å². The highest BCUT2D eigenvalue weighted by Gasteiger charge is 2.34. The van der Waals surface area contributed by atoms with Crippen LogP contribution in [-0.4, -0.2) is 21.5 Å². The molecule has 27 heavy (non-hydrogen) atoms. The van der Waals surface area contributed by atoms with E-state index in [2.05, 4.69) is 10.1 Å². The molecule has 3 nitrogen and oxygen atoms in total. The van der Waals surface area contributed by atoms with Crippen LogP contribution in [0.3, 0.4) is 0 Å². The maximum absolute atomic E-state index is 12.9. The van der Waals surface area contributed by atoms with E-state index in [1.807, 2.05) is 0 Å². The molecule has 2 rings (SSSR count). The van der Waals surface area contributed by atoms with Crippen molar-refractivity contribution in [1.29, 1.82) is 0 Å². The first kappa shape index (κ1) is 21.6. The lowest BCUT2D eigenvalue weighted by Crippen LogP contribution is -2.07. The molecule has 1 aromatic heterocycles. The van der Waals surface area contributed by atoms with Crippen molar-refractivity contribution in [2.75, 3.05) is 0 Å². The van der Waals surface area contributed by atoms with E-state index in [4.69, 9.17) is 23.2 Å². The lowest BCUT2D eigenvalue weighted by Gasteiger charge is -2.13. The molecule has 2 aromatic rings. The lowest BCUT2D eigenvalue weighted by atomic mass is 10.2. The van der Waals surface area contributed by atoms with E-state index in [0.29, 0.717) is 12.1 Å². The van der Waals surface area contributed by atoms with Gasteiger partial charge < -0.3 is 0 Å². The molecule has 0 atom stereocenters. The smallest absolute Gasteiger partial charge is 0.236 e. The molecule has 0 aliphatic heterocycles. The minimum atomic E-state index is -4.69. The van der Waals surface area contributed by atoms with Crippen molar-refractivity contribution in [3.05, 3.63) is 46.1 Å². The second kappa shape index (κ2) is 8.15. The van der Waals surface area contributed by atoms with Gasteiger partial charge in [0.2, 0.25) is 0 Å². The molecule has 0 bridgehead atoms. The molecule has 0 saturated heterocycles. The van der Waals surface area contributed by atoms with E-state index in [1.165, 1.54) is 12.3 Å². The summed E-state index contributed by atoms with van der Waals surface area (Å²) >= 11 is 11.4. The first-order valence-corrected chi connectivity index (χ1v) is 8.57. The van der Waals surface area contributed by atoms with Gasteiger partial charge in [0.05, 0.1) is 26.7 Å². The first-order chi connectivity index (χ1) is 12.4. The van der Waals surface area contributed by atoms with Gasteiger partial charge in [0, 0.05) is 6.21 Å². The Hall–Kier alpha value is -1.65. The molecule has 0 aliphatic rings. The minimum Gasteiger partial charge on any atom is -0.236 e. The zero-order valence-corrected chi connectivity index (χ0v) is 15.6. The summed E-state index contributed by atoms with van der Waals surface area (Å²) in [5.41, 5.74) is -5.93. The quantitative estimate of drug-likeness (QED) is 0.284. The summed E-state index contributed by atoms with van der Waals surface area (Å²) in [6.45, 7) is 1.66. The molecule has 0 spiro atoms. The molecule has 0 fully saturated rings. The van der Waals surface area contributed by atoms with Gasteiger partial charge in [0.25, 0.3) is 0 Å². The van der Waals surface area contributed by atoms with E-state index in [0.717, 1.165) is 10.9 Å². The fraction of sp³-hybridized carbons (Fsp3) is 0.200. The number of alkyl halides is 6. The number of nitrogens with zero attached hydrogens (tertiary/aromatic N) is 3. The number of hydrogen-bond donors (Lipinski definition) is 0. The van der Waals surface area contributed by atoms with Crippen molar-refractivity contribution in [3.8, 4) is 5.69 Å². The van der Waals surface area contributed by atoms with Crippen molar-refractivity contribution < 1.29 is 26.3 Å². The zero-order valence-electron chi connectivity index (χ0n) is 13.2. The van der Waals surface area contributed by atoms with Crippen LogP contribution in [0.1, 0.15) is 12.5 Å². The van der Waals surface area contributed by atoms with Crippen LogP contribution in [0.5, 0.6) is 0 Å². The maximum Gasteiger partial charge on any atom is 0.446 e. The summed E-state index contributed by atoms with van der Waals surface area (Å²) in [6, 6.07) is 1.22. The molecule has 0 saturated carbocycles. The largest absolute Gasteiger partial charge is 0.446 e. The SMILES string of the molecule is C/C=C/C=Nc1c(SC(F)(F)F)cnn1-c1c(Cl)cc(C(F)(F)F)cc1Cl. The molecule has 12 heteroatoms. The predicted molar refractivity (Wildman–Crippen MR) is 93.5 cm³/mol. The number of thioether (sulfide) groups is 1. The Morgan fingerprint density at radius 2 is 1.70 bits per heavy atom. The Labute approximate surface area is 163 Å². The van der Waals surface area contributed by atoms with Gasteiger partial charge in [-0.15, -0.1) is 0 Å². The molecule has 146 valence electrons. The van der Waals surface area contributed by atoms with Crippen LogP contribution in [0, 0.1) is 0 Å². The van der Waals surface area contributed by atoms with Crippen molar-refractivity contribution in [2.45, 2.75) is 23.5 Å². The summed E-state index contributed by atoms with van der Waals surface area (Å²) in [5.74, 6) is -0.279. The first-order valence-electron chi connectivity index (χ1n) is 6.99. The molecule has 1 heterocycles. The molecule has 0 unspecified atom stereocenters. The van der Waals surface area contributed by atoms with E-state index < -0.39 is 39.1 Å². The van der Waals surface area contributed by atoms with Gasteiger partial charge in [-0.3, -0.25) is 0 Å². The van der Waals surface area contributed by atoms with Gasteiger partial charge in [-0.2, -0.15) is 31.4 Å². The average Bonchev–Trinajstić information content (AvgIpc) is 2.87. The second-order valence-corrected chi connectivity index (χ2v) is 6.80. The number of hydrogen-bond acceptors (Lipinski definition) is 3. The standard InChI is InChI=1S/C15H9Cl2F6N3S/c1-2-3-4-24-13-11(27-15(21,22)23)7-25-26(13)12-9(16)5-8(6-10(12)17)14(18,19)20/h2-7H,1H3/b3-2+,24-4?. The lowest BCUT2D eigenvalue weighted by molar-refractivity contribution is -0.137. The third kappa shape index (κ3) is 5.43. The molecule has 0 amide bonds. The normalized spacial score (nSPS) is 13.2. The Balaban J connectivity index is 2.65. The van der Waals surface area contributed by atoms with E-state index in [1.54, 1.807) is 13.0 Å². The van der Waals surface area contributed by atoms with Gasteiger partial charge >= 0.3 is 11.7 Å². The summed E-state index contributed by atoms with van der Waals surface area (Å²) < 4.78 is 77.7. The number of allylic oxidation sites excluding steroid dienone is 2. The molecular weight excluding hydrogens is 439 g/mol. The summed E-state index contributed by atoms with van der Waals surface area (Å²) in [6.07, 6.45) is 0.430. The van der Waals surface area contributed by atoms with E-state index >= 15 is 0 Å². The Kier molecular flexibility index (Phi) is 6.54. The second-order valence-electron chi connectivity index (χ2n) is 4.88. The topological polar surface area (TPSA) is 30.2 Å². The molecule has 0 N–H and O–H groups in total. The van der Waals surface area contributed by atoms with Gasteiger partial charge in [-0.1, -0.05) is 29.3 Å². The van der Waals surface area contributed by atoms with Crippen LogP contribution < -0.4 is 0 Å². The van der Waals surface area contributed by atoms with Crippen LogP contribution in [-0.2, 0) is 6.18 Å². The summed E-state index contributed by atoms with van der Waals surface area (Å²) in [4.78, 5) is 3.53. The van der Waals surface area contributed by atoms with E-state index in [-0.39, 0.29) is 16.4 Å². The highest BCUT2D eigenvalue weighted by molar-refractivity contribution is 8.00. The third-order valence-corrected chi connectivity index (χ3v) is 4.28. The average molecular weight is 448 g/mol. The highest BCUT2D eigenvalue weighted by atomic mass is 35.5. The molecule has 1 aromatic carbocycles. The van der Waals surface area contributed by atoms with Crippen LogP contribution in [0.2, 0.25) is 10.0 Å². The number of benzene rings is 1. The van der Waals surface area contributed by atoms with Gasteiger partial charge in [-0.05, 0) is 36.9 Å². The molecule has 0 aliphatic carbocycles. The molecule has 0 radical (unpaired) electrons. The molecular formula is C15H9Cl2F6N3S. The van der Waals surface area contributed by atoms with Gasteiger partial charge in [0.1, 0.15) is 5.69 Å². The van der Waals surface area contributed by atoms with Crippen LogP contribution in [0.25, 0.3) is 5.69 Å². The van der Waals surface area contributed by atoms with Gasteiger partial charge in [-0.25, -0.2) is 9.67 Å². The highest BCUT2D eigenvalue weighted by Crippen LogP contribution is 2.44. The fourth-order valence-corrected chi connectivity index (χ4v) is 3.16. The monoisotopic (exact) mass is 447 g/mol. The van der Waals surface area contributed by atoms with Crippen molar-refractivity contribution in [1.82, 2.24) is 9.78 Å². The van der Waals surface area contributed by atoms with Crippen molar-refractivity contribution in [3.63, 3.8) is 0 Å². The predicted octanol–water partition coefficient (Wildman–Crippen LogP) is 7.09. The summed E-state index contributed by atoms with van der Waals surface area (Å²) in [7, 11) is 0. The summed E-state index contributed by atoms with van der Waals surface area (Å²) in [5, 5.41) is 2.89. The Morgan fingerprint density at radius 1 is 1.11 bits per heavy atom. The van der Waals surface area contributed by atoms with Gasteiger partial charge in [0.15, 0.2) is 5.82 Å². The maximum atomic E-state index is 12.9. The number of rotatable bonds is 4. The Bertz CT molecular complexity index is 864. The number of aliphatic imine (C=N–C) groups is 1. The van der Waals surface area contributed by atoms with Crippen molar-refractivity contribution in [2.24, 2.45) is 4.99 Å². The van der Waals surface area contributed by atoms with Crippen LogP contribution >= 0.6 is 35.0 Å². The van der Waals surface area contributed by atoms with E-state index in [9.17, 15) is 26.3 Å². The number of halogens is 8. The number of aromatic nitrogens is 2. The van der Waals surface area contributed by atoms with Crippen molar-refractivity contribution >= 4 is 47.0 Å². The minimum absolute atomic E-state index is 0.215. The fourth-order valence-electron chi connectivity index (χ4n) is 1.94. The zero-order chi connectivity index (χ0) is 20.4. The third-order valence-electron chi connectivity index (χ3n) is 2.97. The Morgan fingerprint density at radius 3 is 2.19 bits per heavy atom. The van der Waals surface area contributed by atoms with Crippen LogP contribution in [0.15, 0.2) is 40.4 Å².